The second kappa shape index (κ2) is 9.63. The number of rotatable bonds is 6. The predicted molar refractivity (Wildman–Crippen MR) is 133 cm³/mol. The number of nitrogens with one attached hydrogen (secondary N) is 2. The number of nitro groups is 1. The molecule has 0 bridgehead atoms. The molecule has 36 heavy (non-hydrogen) atoms. The Morgan fingerprint density at radius 1 is 1.08 bits per heavy atom. The van der Waals surface area contributed by atoms with Crippen molar-refractivity contribution in [3.63, 3.8) is 0 Å². The average Bonchev–Trinajstić information content (AvgIpc) is 3.30. The number of non-ortho nitro benzene ring substituents is 1. The van der Waals surface area contributed by atoms with Crippen LogP contribution in [0.1, 0.15) is 22.7 Å². The van der Waals surface area contributed by atoms with E-state index in [0.29, 0.717) is 11.5 Å². The van der Waals surface area contributed by atoms with Crippen LogP contribution in [0.4, 0.5) is 22.0 Å². The van der Waals surface area contributed by atoms with Crippen molar-refractivity contribution in [1.82, 2.24) is 14.8 Å². The Balaban J connectivity index is 1.40. The van der Waals surface area contributed by atoms with Crippen LogP contribution in [0.25, 0.3) is 11.8 Å². The number of carbonyl (C=O) groups is 1. The molecule has 2 heterocycles. The number of anilines is 2. The van der Waals surface area contributed by atoms with Gasteiger partial charge >= 0.3 is 0 Å². The predicted octanol–water partition coefficient (Wildman–Crippen LogP) is 5.03. The zero-order chi connectivity index (χ0) is 25.1. The smallest absolute Gasteiger partial charge is 0.270 e. The van der Waals surface area contributed by atoms with E-state index < -0.39 is 16.9 Å². The van der Waals surface area contributed by atoms with Crippen LogP contribution >= 0.6 is 0 Å². The molecule has 4 aromatic rings. The highest BCUT2D eigenvalue weighted by Crippen LogP contribution is 2.33. The van der Waals surface area contributed by atoms with Gasteiger partial charge in [-0.1, -0.05) is 54.6 Å². The molecule has 1 aromatic heterocycles. The van der Waals surface area contributed by atoms with Crippen molar-refractivity contribution >= 4 is 35.3 Å². The maximum absolute atomic E-state index is 13.5. The van der Waals surface area contributed by atoms with Gasteiger partial charge in [-0.3, -0.25) is 20.2 Å². The number of nitro benzene ring substituents is 1. The minimum Gasteiger partial charge on any atom is -0.324 e. The normalized spacial score (nSPS) is 14.6. The van der Waals surface area contributed by atoms with E-state index in [1.54, 1.807) is 28.9 Å². The molecular weight excluding hydrogens is 463 g/mol. The van der Waals surface area contributed by atoms with E-state index in [1.165, 1.54) is 36.4 Å². The maximum Gasteiger partial charge on any atom is 0.270 e. The van der Waals surface area contributed by atoms with E-state index in [2.05, 4.69) is 20.7 Å². The molecule has 178 valence electrons. The summed E-state index contributed by atoms with van der Waals surface area (Å²) in [5, 5.41) is 21.2. The second-order valence-corrected chi connectivity index (χ2v) is 7.95. The molecule has 2 N–H and O–H groups in total. The molecule has 0 unspecified atom stereocenters. The summed E-state index contributed by atoms with van der Waals surface area (Å²) in [6, 6.07) is 21.3. The summed E-state index contributed by atoms with van der Waals surface area (Å²) in [4.78, 5) is 27.4. The first-order valence-corrected chi connectivity index (χ1v) is 11.0. The Bertz CT molecular complexity index is 1500. The fourth-order valence-corrected chi connectivity index (χ4v) is 3.80. The standard InChI is InChI=1S/C26H19FN6O3/c27-20-12-10-19(11-13-20)23-16-22(18-6-2-1-3-7-18)28-26-30-25(31-32(23)26)29-24(34)14-9-17-5-4-8-21(15-17)33(35)36/h1-16,23H,(H2,28,29,30,31,34)/b14-9+/t23-/m0/s1. The highest BCUT2D eigenvalue weighted by Gasteiger charge is 2.25. The van der Waals surface area contributed by atoms with Gasteiger partial charge in [-0.25, -0.2) is 9.07 Å². The van der Waals surface area contributed by atoms with Gasteiger partial charge in [-0.05, 0) is 41.0 Å². The number of allylic oxidation sites excluding steroid dienone is 1. The van der Waals surface area contributed by atoms with E-state index in [4.69, 9.17) is 0 Å². The zero-order valence-electron chi connectivity index (χ0n) is 18.7. The Morgan fingerprint density at radius 3 is 2.61 bits per heavy atom. The average molecular weight is 482 g/mol. The number of benzene rings is 3. The summed E-state index contributed by atoms with van der Waals surface area (Å²) in [6.45, 7) is 0. The molecule has 0 saturated heterocycles. The molecule has 0 saturated carbocycles. The van der Waals surface area contributed by atoms with Gasteiger partial charge in [0.1, 0.15) is 11.9 Å². The quantitative estimate of drug-likeness (QED) is 0.226. The second-order valence-electron chi connectivity index (χ2n) is 7.95. The van der Waals surface area contributed by atoms with Crippen LogP contribution < -0.4 is 10.6 Å². The molecular formula is C26H19FN6O3. The number of carbonyl (C=O) groups excluding carboxylic acids is 1. The number of nitrogens with zero attached hydrogens (tertiary/aromatic N) is 4. The number of aromatic nitrogens is 3. The van der Waals surface area contributed by atoms with Gasteiger partial charge in [0.2, 0.25) is 5.95 Å². The van der Waals surface area contributed by atoms with Crippen LogP contribution in [0.15, 0.2) is 91.0 Å². The fraction of sp³-hybridized carbons (Fsp3) is 0.0385. The summed E-state index contributed by atoms with van der Waals surface area (Å²) in [7, 11) is 0. The van der Waals surface area contributed by atoms with Gasteiger partial charge in [0.25, 0.3) is 17.5 Å². The summed E-state index contributed by atoms with van der Waals surface area (Å²) in [6.07, 6.45) is 4.67. The lowest BCUT2D eigenvalue weighted by molar-refractivity contribution is -0.384. The molecule has 10 heteroatoms. The van der Waals surface area contributed by atoms with Gasteiger partial charge in [0.15, 0.2) is 0 Å². The fourth-order valence-electron chi connectivity index (χ4n) is 3.80. The van der Waals surface area contributed by atoms with Crippen molar-refractivity contribution in [1.29, 1.82) is 0 Å². The molecule has 0 fully saturated rings. The van der Waals surface area contributed by atoms with Crippen LogP contribution in [-0.2, 0) is 4.79 Å². The van der Waals surface area contributed by atoms with Crippen molar-refractivity contribution in [2.75, 3.05) is 10.6 Å². The Morgan fingerprint density at radius 2 is 1.86 bits per heavy atom. The Labute approximate surface area is 204 Å². The van der Waals surface area contributed by atoms with E-state index >= 15 is 0 Å². The molecule has 0 radical (unpaired) electrons. The highest BCUT2D eigenvalue weighted by atomic mass is 19.1. The Hall–Kier alpha value is -5.12. The Kier molecular flexibility index (Phi) is 6.06. The van der Waals surface area contributed by atoms with Gasteiger partial charge in [-0.2, -0.15) is 4.98 Å². The summed E-state index contributed by atoms with van der Waals surface area (Å²) in [5.41, 5.74) is 2.96. The zero-order valence-corrected chi connectivity index (χ0v) is 18.7. The summed E-state index contributed by atoms with van der Waals surface area (Å²) in [5.74, 6) is -0.370. The van der Waals surface area contributed by atoms with Gasteiger partial charge in [0.05, 0.1) is 4.92 Å². The molecule has 3 aromatic carbocycles. The first-order chi connectivity index (χ1) is 17.5. The van der Waals surface area contributed by atoms with Crippen molar-refractivity contribution in [2.45, 2.75) is 6.04 Å². The van der Waals surface area contributed by atoms with E-state index in [9.17, 15) is 19.3 Å². The van der Waals surface area contributed by atoms with Gasteiger partial charge < -0.3 is 5.32 Å². The van der Waals surface area contributed by atoms with Gasteiger partial charge in [0, 0.05) is 23.9 Å². The molecule has 1 aliphatic rings. The highest BCUT2D eigenvalue weighted by molar-refractivity contribution is 6.01. The van der Waals surface area contributed by atoms with Crippen LogP contribution in [0.3, 0.4) is 0 Å². The molecule has 0 aliphatic carbocycles. The monoisotopic (exact) mass is 482 g/mol. The minimum absolute atomic E-state index is 0.0689. The number of halogens is 1. The maximum atomic E-state index is 13.5. The van der Waals surface area contributed by atoms with Crippen LogP contribution in [0.5, 0.6) is 0 Å². The molecule has 5 rings (SSSR count). The van der Waals surface area contributed by atoms with Crippen LogP contribution in [0, 0.1) is 15.9 Å². The first kappa shape index (κ1) is 22.7. The topological polar surface area (TPSA) is 115 Å². The number of hydrogen-bond donors (Lipinski definition) is 2. The molecule has 9 nitrogen and oxygen atoms in total. The lowest BCUT2D eigenvalue weighted by Gasteiger charge is -2.24. The summed E-state index contributed by atoms with van der Waals surface area (Å²) >= 11 is 0. The van der Waals surface area contributed by atoms with E-state index in [-0.39, 0.29) is 17.5 Å². The van der Waals surface area contributed by atoms with Crippen molar-refractivity contribution in [3.8, 4) is 0 Å². The molecule has 1 aliphatic heterocycles. The number of fused-ring (bicyclic) bond motifs is 1. The van der Waals surface area contributed by atoms with Crippen molar-refractivity contribution in [3.05, 3.63) is 124 Å². The van der Waals surface area contributed by atoms with E-state index in [1.807, 2.05) is 36.4 Å². The van der Waals surface area contributed by atoms with Gasteiger partial charge in [-0.15, -0.1) is 5.10 Å². The van der Waals surface area contributed by atoms with Crippen molar-refractivity contribution < 1.29 is 14.1 Å². The third-order valence-corrected chi connectivity index (χ3v) is 5.51. The summed E-state index contributed by atoms with van der Waals surface area (Å²) < 4.78 is 15.2. The van der Waals surface area contributed by atoms with Crippen LogP contribution in [-0.4, -0.2) is 25.6 Å². The minimum atomic E-state index is -0.501. The largest absolute Gasteiger partial charge is 0.324 e. The molecule has 1 amide bonds. The third kappa shape index (κ3) is 4.87. The van der Waals surface area contributed by atoms with Crippen molar-refractivity contribution in [2.24, 2.45) is 0 Å². The lowest BCUT2D eigenvalue weighted by Crippen LogP contribution is -2.20. The molecule has 1 atom stereocenters. The number of hydrogen-bond acceptors (Lipinski definition) is 6. The number of amides is 1. The third-order valence-electron chi connectivity index (χ3n) is 5.51. The molecule has 0 spiro atoms. The first-order valence-electron chi connectivity index (χ1n) is 11.0. The SMILES string of the molecule is O=C(/C=C/c1cccc([N+](=O)[O-])c1)Nc1nc2n(n1)[C@H](c1ccc(F)cc1)C=C(c1ccccc1)N2. The lowest BCUT2D eigenvalue weighted by atomic mass is 10.0. The van der Waals surface area contributed by atoms with Crippen LogP contribution in [0.2, 0.25) is 0 Å². The van der Waals surface area contributed by atoms with E-state index in [0.717, 1.165) is 16.8 Å².